The van der Waals surface area contributed by atoms with E-state index in [2.05, 4.69) is 20.1 Å². The SMILES string of the molecule is Cc1[nH]c(=O)[nH]c(=O)c1C=NN1CC(O)=C(c2nc(-c3ccc(Cl)cc3)cs2)C1=N. The number of aliphatic hydroxyl groups excluding tert-OH is 1. The van der Waals surface area contributed by atoms with Crippen LogP contribution in [-0.2, 0) is 0 Å². The van der Waals surface area contributed by atoms with E-state index in [0.29, 0.717) is 21.4 Å². The molecule has 0 spiro atoms. The Morgan fingerprint density at radius 3 is 2.73 bits per heavy atom. The second-order valence-corrected chi connectivity index (χ2v) is 7.76. The third kappa shape index (κ3) is 3.70. The first kappa shape index (κ1) is 19.8. The molecule has 0 amide bonds. The highest BCUT2D eigenvalue weighted by atomic mass is 35.5. The van der Waals surface area contributed by atoms with Gasteiger partial charge in [-0.3, -0.25) is 15.2 Å². The summed E-state index contributed by atoms with van der Waals surface area (Å²) in [5, 5.41) is 27.1. The standard InChI is InChI=1S/C19H15ClN6O3S/c1-9-12(17(28)25-19(29)23-9)6-22-26-7-14(27)15(16(26)21)18-24-13(8-30-18)10-2-4-11(20)5-3-10/h2-6,8,21,27H,7H2,1H3,(H2,23,25,28,29). The van der Waals surface area contributed by atoms with Crippen molar-refractivity contribution in [2.75, 3.05) is 6.54 Å². The summed E-state index contributed by atoms with van der Waals surface area (Å²) < 4.78 is 0. The highest BCUT2D eigenvalue weighted by Gasteiger charge is 2.30. The zero-order valence-electron chi connectivity index (χ0n) is 15.6. The molecule has 4 N–H and O–H groups in total. The Balaban J connectivity index is 1.58. The first-order valence-electron chi connectivity index (χ1n) is 8.71. The minimum Gasteiger partial charge on any atom is -0.509 e. The van der Waals surface area contributed by atoms with Crippen molar-refractivity contribution in [2.24, 2.45) is 5.10 Å². The molecule has 0 unspecified atom stereocenters. The van der Waals surface area contributed by atoms with Crippen molar-refractivity contribution >= 4 is 40.6 Å². The average Bonchev–Trinajstić information content (AvgIpc) is 3.26. The van der Waals surface area contributed by atoms with Crippen LogP contribution in [0.4, 0.5) is 0 Å². The number of aryl methyl sites for hydroxylation is 1. The van der Waals surface area contributed by atoms with E-state index in [1.807, 2.05) is 17.5 Å². The maximum atomic E-state index is 11.9. The van der Waals surface area contributed by atoms with E-state index in [4.69, 9.17) is 17.0 Å². The molecule has 4 rings (SSSR count). The Morgan fingerprint density at radius 2 is 2.03 bits per heavy atom. The van der Waals surface area contributed by atoms with Gasteiger partial charge in [0.15, 0.2) is 5.84 Å². The first-order chi connectivity index (χ1) is 14.3. The Bertz CT molecular complexity index is 1320. The zero-order valence-corrected chi connectivity index (χ0v) is 17.1. The van der Waals surface area contributed by atoms with Gasteiger partial charge >= 0.3 is 5.69 Å². The largest absolute Gasteiger partial charge is 0.509 e. The van der Waals surface area contributed by atoms with Crippen molar-refractivity contribution in [1.29, 1.82) is 5.41 Å². The minimum absolute atomic E-state index is 0.0270. The number of benzene rings is 1. The van der Waals surface area contributed by atoms with Crippen LogP contribution in [0.1, 0.15) is 16.3 Å². The van der Waals surface area contributed by atoms with E-state index in [9.17, 15) is 14.7 Å². The number of aromatic amines is 2. The van der Waals surface area contributed by atoms with Crippen molar-refractivity contribution in [1.82, 2.24) is 20.0 Å². The fraction of sp³-hybridized carbons (Fsp3) is 0.105. The maximum absolute atomic E-state index is 11.9. The van der Waals surface area contributed by atoms with Crippen LogP contribution in [0.2, 0.25) is 5.02 Å². The van der Waals surface area contributed by atoms with E-state index in [0.717, 1.165) is 5.56 Å². The van der Waals surface area contributed by atoms with Gasteiger partial charge in [-0.1, -0.05) is 23.7 Å². The van der Waals surface area contributed by atoms with Gasteiger partial charge in [-0.2, -0.15) is 5.10 Å². The van der Waals surface area contributed by atoms with E-state index >= 15 is 0 Å². The highest BCUT2D eigenvalue weighted by Crippen LogP contribution is 2.32. The van der Waals surface area contributed by atoms with Gasteiger partial charge < -0.3 is 10.1 Å². The molecule has 152 valence electrons. The predicted octanol–water partition coefficient (Wildman–Crippen LogP) is 2.74. The quantitative estimate of drug-likeness (QED) is 0.460. The zero-order chi connectivity index (χ0) is 21.4. The number of hydrazone groups is 1. The highest BCUT2D eigenvalue weighted by molar-refractivity contribution is 7.11. The number of aliphatic hydroxyl groups is 1. The van der Waals surface area contributed by atoms with Crippen LogP contribution in [0.5, 0.6) is 0 Å². The Kier molecular flexibility index (Phi) is 5.10. The van der Waals surface area contributed by atoms with Gasteiger partial charge in [0.1, 0.15) is 17.3 Å². The number of rotatable bonds is 4. The lowest BCUT2D eigenvalue weighted by Crippen LogP contribution is -2.28. The summed E-state index contributed by atoms with van der Waals surface area (Å²) in [6, 6.07) is 7.22. The molecule has 0 bridgehead atoms. The molecule has 0 fully saturated rings. The number of nitrogens with zero attached hydrogens (tertiary/aromatic N) is 3. The topological polar surface area (TPSA) is 138 Å². The van der Waals surface area contributed by atoms with Crippen LogP contribution >= 0.6 is 22.9 Å². The molecule has 1 aliphatic heterocycles. The Hall–Kier alpha value is -3.50. The van der Waals surface area contributed by atoms with Crippen molar-refractivity contribution in [2.45, 2.75) is 6.92 Å². The summed E-state index contributed by atoms with van der Waals surface area (Å²) in [5.41, 5.74) is 1.18. The van der Waals surface area contributed by atoms with Crippen molar-refractivity contribution in [3.63, 3.8) is 0 Å². The lowest BCUT2D eigenvalue weighted by Gasteiger charge is -2.11. The predicted molar refractivity (Wildman–Crippen MR) is 117 cm³/mol. The second-order valence-electron chi connectivity index (χ2n) is 6.46. The maximum Gasteiger partial charge on any atom is 0.325 e. The molecule has 0 saturated carbocycles. The summed E-state index contributed by atoms with van der Waals surface area (Å²) in [6.07, 6.45) is 1.25. The van der Waals surface area contributed by atoms with Crippen molar-refractivity contribution < 1.29 is 5.11 Å². The monoisotopic (exact) mass is 442 g/mol. The molecular formula is C19H15ClN6O3S. The number of nitrogens with one attached hydrogen (secondary N) is 3. The molecule has 30 heavy (non-hydrogen) atoms. The van der Waals surface area contributed by atoms with E-state index in [1.165, 1.54) is 22.6 Å². The van der Waals surface area contributed by atoms with Gasteiger partial charge in [-0.15, -0.1) is 11.3 Å². The smallest absolute Gasteiger partial charge is 0.325 e. The summed E-state index contributed by atoms with van der Waals surface area (Å²) in [7, 11) is 0. The summed E-state index contributed by atoms with van der Waals surface area (Å²) in [4.78, 5) is 32.4. The van der Waals surface area contributed by atoms with Gasteiger partial charge in [0.05, 0.1) is 23.0 Å². The molecule has 0 atom stereocenters. The van der Waals surface area contributed by atoms with E-state index in [1.54, 1.807) is 19.1 Å². The van der Waals surface area contributed by atoms with Crippen LogP contribution in [0.25, 0.3) is 16.8 Å². The summed E-state index contributed by atoms with van der Waals surface area (Å²) in [5.74, 6) is -0.0829. The van der Waals surface area contributed by atoms with Crippen LogP contribution < -0.4 is 11.2 Å². The van der Waals surface area contributed by atoms with Gasteiger partial charge in [-0.25, -0.2) is 14.8 Å². The average molecular weight is 443 g/mol. The molecule has 3 aromatic rings. The Morgan fingerprint density at radius 1 is 1.30 bits per heavy atom. The van der Waals surface area contributed by atoms with Gasteiger partial charge in [0.2, 0.25) is 0 Å². The van der Waals surface area contributed by atoms with E-state index < -0.39 is 11.2 Å². The molecule has 2 aromatic heterocycles. The number of aromatic nitrogens is 3. The number of hydrogen-bond donors (Lipinski definition) is 4. The Labute approximate surface area is 178 Å². The van der Waals surface area contributed by atoms with Gasteiger partial charge in [0, 0.05) is 21.7 Å². The molecule has 0 aliphatic carbocycles. The van der Waals surface area contributed by atoms with Crippen LogP contribution in [0.3, 0.4) is 0 Å². The summed E-state index contributed by atoms with van der Waals surface area (Å²) in [6.45, 7) is 1.54. The number of halogens is 1. The normalized spacial score (nSPS) is 14.3. The molecule has 3 heterocycles. The lowest BCUT2D eigenvalue weighted by molar-refractivity contribution is 0.358. The number of hydrogen-bond acceptors (Lipinski definition) is 7. The molecular weight excluding hydrogens is 428 g/mol. The number of amidine groups is 1. The van der Waals surface area contributed by atoms with Gasteiger partial charge in [0.25, 0.3) is 5.56 Å². The minimum atomic E-state index is -0.606. The molecule has 0 radical (unpaired) electrons. The fourth-order valence-electron chi connectivity index (χ4n) is 2.92. The van der Waals surface area contributed by atoms with Crippen molar-refractivity contribution in [3.05, 3.63) is 77.5 Å². The second kappa shape index (κ2) is 7.73. The molecule has 0 saturated heterocycles. The third-order valence-corrected chi connectivity index (χ3v) is 5.56. The first-order valence-corrected chi connectivity index (χ1v) is 9.97. The van der Waals surface area contributed by atoms with Crippen molar-refractivity contribution in [3.8, 4) is 11.3 Å². The molecule has 1 aromatic carbocycles. The van der Waals surface area contributed by atoms with Crippen LogP contribution in [0.15, 0.2) is 50.1 Å². The fourth-order valence-corrected chi connectivity index (χ4v) is 3.94. The molecule has 1 aliphatic rings. The third-order valence-electron chi connectivity index (χ3n) is 4.44. The lowest BCUT2D eigenvalue weighted by atomic mass is 10.2. The van der Waals surface area contributed by atoms with Gasteiger partial charge in [-0.05, 0) is 19.1 Å². The van der Waals surface area contributed by atoms with Crippen LogP contribution in [-0.4, -0.2) is 43.7 Å². The molecule has 9 nitrogen and oxygen atoms in total. The van der Waals surface area contributed by atoms with E-state index in [-0.39, 0.29) is 29.3 Å². The summed E-state index contributed by atoms with van der Waals surface area (Å²) >= 11 is 7.22. The number of H-pyrrole nitrogens is 2. The van der Waals surface area contributed by atoms with Crippen LogP contribution in [0, 0.1) is 12.3 Å². The molecule has 11 heteroatoms. The number of thiazole rings is 1.